The number of nitrogens with zero attached hydrogens (tertiary/aromatic N) is 4. The molecule has 3 rings (SSSR count). The normalized spacial score (nSPS) is 10.6. The largest absolute Gasteiger partial charge is 0.496 e. The standard InChI is InChI=1S/C13H10ClN5O2/c1-20-9-6-7(14)2-3-8(9)12-18-13(21-19-12)10-11(15)17-5-4-16-10/h2-6H,1H3,(H2,15,17). The fraction of sp³-hybridized carbons (Fsp3) is 0.0769. The molecule has 0 bridgehead atoms. The molecule has 0 unspecified atom stereocenters. The van der Waals surface area contributed by atoms with Gasteiger partial charge in [-0.05, 0) is 18.2 Å². The number of hydrogen-bond donors (Lipinski definition) is 1. The summed E-state index contributed by atoms with van der Waals surface area (Å²) in [5.74, 6) is 1.30. The lowest BCUT2D eigenvalue weighted by Gasteiger charge is -2.04. The van der Waals surface area contributed by atoms with Gasteiger partial charge >= 0.3 is 0 Å². The van der Waals surface area contributed by atoms with Gasteiger partial charge in [0.15, 0.2) is 11.5 Å². The lowest BCUT2D eigenvalue weighted by molar-refractivity contribution is 0.413. The third kappa shape index (κ3) is 2.50. The molecule has 106 valence electrons. The first-order valence-corrected chi connectivity index (χ1v) is 6.31. The molecule has 0 saturated heterocycles. The van der Waals surface area contributed by atoms with Gasteiger partial charge in [-0.25, -0.2) is 9.97 Å². The van der Waals surface area contributed by atoms with Gasteiger partial charge < -0.3 is 15.0 Å². The summed E-state index contributed by atoms with van der Waals surface area (Å²) in [4.78, 5) is 12.3. The van der Waals surface area contributed by atoms with Gasteiger partial charge in [0.1, 0.15) is 5.75 Å². The van der Waals surface area contributed by atoms with E-state index in [9.17, 15) is 0 Å². The van der Waals surface area contributed by atoms with E-state index in [-0.39, 0.29) is 11.7 Å². The number of ether oxygens (including phenoxy) is 1. The Morgan fingerprint density at radius 1 is 1.24 bits per heavy atom. The van der Waals surface area contributed by atoms with E-state index >= 15 is 0 Å². The van der Waals surface area contributed by atoms with E-state index in [0.717, 1.165) is 0 Å². The Hall–Kier alpha value is -2.67. The van der Waals surface area contributed by atoms with Crippen molar-refractivity contribution in [3.05, 3.63) is 35.6 Å². The lowest BCUT2D eigenvalue weighted by Crippen LogP contribution is -1.96. The molecule has 0 saturated carbocycles. The zero-order valence-electron chi connectivity index (χ0n) is 10.9. The number of methoxy groups -OCH3 is 1. The predicted octanol–water partition coefficient (Wildman–Crippen LogP) is 2.44. The quantitative estimate of drug-likeness (QED) is 0.793. The summed E-state index contributed by atoms with van der Waals surface area (Å²) in [6.07, 6.45) is 2.98. The Kier molecular flexibility index (Phi) is 3.41. The molecule has 1 aromatic carbocycles. The smallest absolute Gasteiger partial charge is 0.280 e. The highest BCUT2D eigenvalue weighted by atomic mass is 35.5. The van der Waals surface area contributed by atoms with Crippen molar-refractivity contribution in [2.45, 2.75) is 0 Å². The average molecular weight is 304 g/mol. The van der Waals surface area contributed by atoms with E-state index in [4.69, 9.17) is 26.6 Å². The number of rotatable bonds is 3. The number of halogens is 1. The van der Waals surface area contributed by atoms with E-state index in [1.807, 2.05) is 0 Å². The molecule has 0 atom stereocenters. The Bertz CT molecular complexity index is 790. The maximum absolute atomic E-state index is 5.93. The van der Waals surface area contributed by atoms with Crippen LogP contribution in [0.15, 0.2) is 35.1 Å². The summed E-state index contributed by atoms with van der Waals surface area (Å²) in [6, 6.07) is 5.13. The molecular formula is C13H10ClN5O2. The molecule has 0 aliphatic carbocycles. The van der Waals surface area contributed by atoms with E-state index in [1.165, 1.54) is 19.5 Å². The van der Waals surface area contributed by atoms with Crippen molar-refractivity contribution < 1.29 is 9.26 Å². The van der Waals surface area contributed by atoms with Crippen LogP contribution in [0, 0.1) is 0 Å². The molecular weight excluding hydrogens is 294 g/mol. The van der Waals surface area contributed by atoms with Gasteiger partial charge in [0.25, 0.3) is 5.89 Å². The van der Waals surface area contributed by atoms with Crippen molar-refractivity contribution in [3.63, 3.8) is 0 Å². The van der Waals surface area contributed by atoms with Crippen LogP contribution in [0.2, 0.25) is 5.02 Å². The third-order valence-electron chi connectivity index (χ3n) is 2.76. The van der Waals surface area contributed by atoms with E-state index in [0.29, 0.717) is 27.9 Å². The first-order valence-electron chi connectivity index (χ1n) is 5.93. The fourth-order valence-corrected chi connectivity index (χ4v) is 1.95. The zero-order chi connectivity index (χ0) is 14.8. The molecule has 2 aromatic heterocycles. The Balaban J connectivity index is 2.05. The summed E-state index contributed by atoms with van der Waals surface area (Å²) in [5, 5.41) is 4.46. The van der Waals surface area contributed by atoms with Gasteiger partial charge in [-0.1, -0.05) is 16.8 Å². The minimum atomic E-state index is 0.188. The molecule has 0 spiro atoms. The first kappa shape index (κ1) is 13.3. The molecule has 0 aliphatic rings. The lowest BCUT2D eigenvalue weighted by atomic mass is 10.2. The van der Waals surface area contributed by atoms with Gasteiger partial charge in [0, 0.05) is 17.4 Å². The van der Waals surface area contributed by atoms with E-state index < -0.39 is 0 Å². The summed E-state index contributed by atoms with van der Waals surface area (Å²) >= 11 is 5.93. The van der Waals surface area contributed by atoms with Gasteiger partial charge in [-0.3, -0.25) is 0 Å². The number of benzene rings is 1. The number of anilines is 1. The number of hydrogen-bond acceptors (Lipinski definition) is 7. The number of nitrogen functional groups attached to an aromatic ring is 1. The second-order valence-corrected chi connectivity index (χ2v) is 4.49. The van der Waals surface area contributed by atoms with Crippen molar-refractivity contribution in [3.8, 4) is 28.7 Å². The SMILES string of the molecule is COc1cc(Cl)ccc1-c1noc(-c2nccnc2N)n1. The van der Waals surface area contributed by atoms with Crippen molar-refractivity contribution in [1.82, 2.24) is 20.1 Å². The molecule has 3 aromatic rings. The third-order valence-corrected chi connectivity index (χ3v) is 2.99. The average Bonchev–Trinajstić information content (AvgIpc) is 2.97. The fourth-order valence-electron chi connectivity index (χ4n) is 1.79. The van der Waals surface area contributed by atoms with Crippen LogP contribution >= 0.6 is 11.6 Å². The van der Waals surface area contributed by atoms with E-state index in [2.05, 4.69) is 20.1 Å². The maximum atomic E-state index is 5.93. The maximum Gasteiger partial charge on any atom is 0.280 e. The van der Waals surface area contributed by atoms with Gasteiger partial charge in [-0.2, -0.15) is 4.98 Å². The zero-order valence-corrected chi connectivity index (χ0v) is 11.7. The summed E-state index contributed by atoms with van der Waals surface area (Å²) in [5.41, 5.74) is 6.72. The van der Waals surface area contributed by atoms with Crippen LogP contribution in [0.3, 0.4) is 0 Å². The molecule has 7 nitrogen and oxygen atoms in total. The van der Waals surface area contributed by atoms with Crippen molar-refractivity contribution in [2.75, 3.05) is 12.8 Å². The van der Waals surface area contributed by atoms with Crippen LogP contribution in [0.4, 0.5) is 5.82 Å². The highest BCUT2D eigenvalue weighted by Crippen LogP contribution is 2.32. The Morgan fingerprint density at radius 3 is 2.81 bits per heavy atom. The molecule has 2 N–H and O–H groups in total. The van der Waals surface area contributed by atoms with Crippen LogP contribution < -0.4 is 10.5 Å². The number of nitrogens with two attached hydrogens (primary N) is 1. The van der Waals surface area contributed by atoms with Crippen LogP contribution in [0.5, 0.6) is 5.75 Å². The molecule has 0 amide bonds. The molecule has 2 heterocycles. The molecule has 0 fully saturated rings. The minimum Gasteiger partial charge on any atom is -0.496 e. The molecule has 0 aliphatic heterocycles. The van der Waals surface area contributed by atoms with Gasteiger partial charge in [-0.15, -0.1) is 0 Å². The molecule has 0 radical (unpaired) electrons. The summed E-state index contributed by atoms with van der Waals surface area (Å²) in [7, 11) is 1.54. The highest BCUT2D eigenvalue weighted by molar-refractivity contribution is 6.30. The van der Waals surface area contributed by atoms with Crippen LogP contribution in [0.1, 0.15) is 0 Å². The Labute approximate surface area is 124 Å². The molecule has 21 heavy (non-hydrogen) atoms. The predicted molar refractivity (Wildman–Crippen MR) is 76.7 cm³/mol. The van der Waals surface area contributed by atoms with Crippen LogP contribution in [0.25, 0.3) is 23.0 Å². The summed E-state index contributed by atoms with van der Waals surface area (Å²) < 4.78 is 10.4. The highest BCUT2D eigenvalue weighted by Gasteiger charge is 2.17. The first-order chi connectivity index (χ1) is 10.2. The Morgan fingerprint density at radius 2 is 2.05 bits per heavy atom. The van der Waals surface area contributed by atoms with Gasteiger partial charge in [0.2, 0.25) is 5.82 Å². The van der Waals surface area contributed by atoms with Crippen LogP contribution in [-0.2, 0) is 0 Å². The second-order valence-electron chi connectivity index (χ2n) is 4.06. The van der Waals surface area contributed by atoms with Gasteiger partial charge in [0.05, 0.1) is 12.7 Å². The molecule has 8 heteroatoms. The second kappa shape index (κ2) is 5.37. The van der Waals surface area contributed by atoms with Crippen molar-refractivity contribution >= 4 is 17.4 Å². The van der Waals surface area contributed by atoms with Crippen molar-refractivity contribution in [1.29, 1.82) is 0 Å². The van der Waals surface area contributed by atoms with E-state index in [1.54, 1.807) is 18.2 Å². The number of aromatic nitrogens is 4. The summed E-state index contributed by atoms with van der Waals surface area (Å²) in [6.45, 7) is 0. The topological polar surface area (TPSA) is 100.0 Å². The van der Waals surface area contributed by atoms with Crippen molar-refractivity contribution in [2.24, 2.45) is 0 Å². The minimum absolute atomic E-state index is 0.188. The monoisotopic (exact) mass is 303 g/mol. The van der Waals surface area contributed by atoms with Crippen LogP contribution in [-0.4, -0.2) is 27.2 Å².